The number of benzene rings is 1. The van der Waals surface area contributed by atoms with E-state index in [-0.39, 0.29) is 0 Å². The van der Waals surface area contributed by atoms with E-state index in [1.165, 1.54) is 35.1 Å². The number of rotatable bonds is 4. The van der Waals surface area contributed by atoms with Crippen LogP contribution in [0.4, 0.5) is 0 Å². The zero-order chi connectivity index (χ0) is 12.6. The SMILES string of the molecule is Cc1cc(C)c(C(C)NCC2(C)CC2)c(C)c1. The van der Waals surface area contributed by atoms with Crippen molar-refractivity contribution in [2.75, 3.05) is 6.54 Å². The zero-order valence-electron chi connectivity index (χ0n) is 11.9. The Balaban J connectivity index is 2.10. The third-order valence-electron chi connectivity index (χ3n) is 4.11. The van der Waals surface area contributed by atoms with Gasteiger partial charge in [0, 0.05) is 12.6 Å². The van der Waals surface area contributed by atoms with Crippen molar-refractivity contribution in [3.05, 3.63) is 34.4 Å². The highest BCUT2D eigenvalue weighted by atomic mass is 14.9. The molecule has 0 amide bonds. The van der Waals surface area contributed by atoms with Crippen LogP contribution in [0.25, 0.3) is 0 Å². The van der Waals surface area contributed by atoms with Crippen molar-refractivity contribution in [1.82, 2.24) is 5.32 Å². The first-order chi connectivity index (χ1) is 7.91. The predicted molar refractivity (Wildman–Crippen MR) is 74.4 cm³/mol. The minimum Gasteiger partial charge on any atom is -0.310 e. The van der Waals surface area contributed by atoms with E-state index in [0.717, 1.165) is 6.54 Å². The van der Waals surface area contributed by atoms with Gasteiger partial charge in [-0.3, -0.25) is 0 Å². The lowest BCUT2D eigenvalue weighted by atomic mass is 9.94. The quantitative estimate of drug-likeness (QED) is 0.824. The predicted octanol–water partition coefficient (Wildman–Crippen LogP) is 4.06. The van der Waals surface area contributed by atoms with Gasteiger partial charge in [0.25, 0.3) is 0 Å². The number of hydrogen-bond donors (Lipinski definition) is 1. The van der Waals surface area contributed by atoms with Gasteiger partial charge in [0.05, 0.1) is 0 Å². The summed E-state index contributed by atoms with van der Waals surface area (Å²) in [7, 11) is 0. The molecule has 0 saturated heterocycles. The second-order valence-electron chi connectivity index (χ2n) is 6.23. The maximum Gasteiger partial charge on any atom is 0.0297 e. The average Bonchev–Trinajstić information content (AvgIpc) is 2.93. The summed E-state index contributed by atoms with van der Waals surface area (Å²) < 4.78 is 0. The van der Waals surface area contributed by atoms with E-state index in [9.17, 15) is 0 Å². The summed E-state index contributed by atoms with van der Waals surface area (Å²) in [4.78, 5) is 0. The molecule has 17 heavy (non-hydrogen) atoms. The molecule has 1 atom stereocenters. The second-order valence-corrected chi connectivity index (χ2v) is 6.23. The van der Waals surface area contributed by atoms with Crippen molar-refractivity contribution in [3.8, 4) is 0 Å². The lowest BCUT2D eigenvalue weighted by Gasteiger charge is -2.21. The van der Waals surface area contributed by atoms with E-state index < -0.39 is 0 Å². The third-order valence-corrected chi connectivity index (χ3v) is 4.11. The van der Waals surface area contributed by atoms with E-state index >= 15 is 0 Å². The molecular weight excluding hydrogens is 206 g/mol. The van der Waals surface area contributed by atoms with Crippen molar-refractivity contribution in [1.29, 1.82) is 0 Å². The molecule has 1 fully saturated rings. The Morgan fingerprint density at radius 3 is 2.18 bits per heavy atom. The monoisotopic (exact) mass is 231 g/mol. The fourth-order valence-electron chi connectivity index (χ4n) is 2.77. The molecule has 1 aliphatic carbocycles. The van der Waals surface area contributed by atoms with Gasteiger partial charge in [-0.15, -0.1) is 0 Å². The number of nitrogens with one attached hydrogen (secondary N) is 1. The van der Waals surface area contributed by atoms with Crippen LogP contribution < -0.4 is 5.32 Å². The van der Waals surface area contributed by atoms with Gasteiger partial charge in [-0.1, -0.05) is 24.6 Å². The fraction of sp³-hybridized carbons (Fsp3) is 0.625. The molecule has 1 nitrogen and oxygen atoms in total. The molecule has 0 heterocycles. The first kappa shape index (κ1) is 12.6. The summed E-state index contributed by atoms with van der Waals surface area (Å²) in [6.07, 6.45) is 2.77. The molecule has 1 aromatic rings. The average molecular weight is 231 g/mol. The van der Waals surface area contributed by atoms with Crippen LogP contribution in [0.15, 0.2) is 12.1 Å². The van der Waals surface area contributed by atoms with Crippen LogP contribution in [0.2, 0.25) is 0 Å². The molecule has 2 rings (SSSR count). The van der Waals surface area contributed by atoms with Crippen LogP contribution in [-0.2, 0) is 0 Å². The maximum absolute atomic E-state index is 3.70. The van der Waals surface area contributed by atoms with E-state index in [0.29, 0.717) is 11.5 Å². The third kappa shape index (κ3) is 2.90. The molecule has 0 spiro atoms. The van der Waals surface area contributed by atoms with Gasteiger partial charge in [-0.25, -0.2) is 0 Å². The first-order valence-corrected chi connectivity index (χ1v) is 6.72. The molecule has 1 aliphatic rings. The van der Waals surface area contributed by atoms with Gasteiger partial charge >= 0.3 is 0 Å². The Bertz CT molecular complexity index is 393. The highest BCUT2D eigenvalue weighted by Crippen LogP contribution is 2.44. The minimum atomic E-state index is 0.466. The van der Waals surface area contributed by atoms with E-state index in [1.54, 1.807) is 0 Å². The molecule has 1 N–H and O–H groups in total. The Morgan fingerprint density at radius 2 is 1.71 bits per heavy atom. The van der Waals surface area contributed by atoms with Gasteiger partial charge in [0.1, 0.15) is 0 Å². The highest BCUT2D eigenvalue weighted by molar-refractivity contribution is 5.39. The summed E-state index contributed by atoms with van der Waals surface area (Å²) in [6, 6.07) is 5.05. The largest absolute Gasteiger partial charge is 0.310 e. The van der Waals surface area contributed by atoms with Gasteiger partial charge in [-0.2, -0.15) is 0 Å². The van der Waals surface area contributed by atoms with Crippen molar-refractivity contribution < 1.29 is 0 Å². The van der Waals surface area contributed by atoms with Gasteiger partial charge in [0.15, 0.2) is 0 Å². The molecule has 0 bridgehead atoms. The van der Waals surface area contributed by atoms with Crippen LogP contribution in [0.1, 0.15) is 55.0 Å². The van der Waals surface area contributed by atoms with E-state index in [1.807, 2.05) is 0 Å². The highest BCUT2D eigenvalue weighted by Gasteiger charge is 2.37. The molecule has 1 saturated carbocycles. The zero-order valence-corrected chi connectivity index (χ0v) is 11.9. The molecule has 0 aromatic heterocycles. The van der Waals surface area contributed by atoms with Gasteiger partial charge < -0.3 is 5.32 Å². The van der Waals surface area contributed by atoms with Crippen molar-refractivity contribution in [3.63, 3.8) is 0 Å². The number of hydrogen-bond acceptors (Lipinski definition) is 1. The Kier molecular flexibility index (Phi) is 3.31. The topological polar surface area (TPSA) is 12.0 Å². The molecule has 1 heteroatoms. The summed E-state index contributed by atoms with van der Waals surface area (Å²) in [6.45, 7) is 12.4. The van der Waals surface area contributed by atoms with Crippen molar-refractivity contribution in [2.24, 2.45) is 5.41 Å². The van der Waals surface area contributed by atoms with Gasteiger partial charge in [0.2, 0.25) is 0 Å². The first-order valence-electron chi connectivity index (χ1n) is 6.72. The lowest BCUT2D eigenvalue weighted by Crippen LogP contribution is -2.26. The molecule has 0 radical (unpaired) electrons. The van der Waals surface area contributed by atoms with Crippen molar-refractivity contribution >= 4 is 0 Å². The van der Waals surface area contributed by atoms with E-state index in [2.05, 4.69) is 52.1 Å². The smallest absolute Gasteiger partial charge is 0.0297 e. The molecule has 1 aromatic carbocycles. The Labute approximate surface area is 106 Å². The van der Waals surface area contributed by atoms with Crippen molar-refractivity contribution in [2.45, 2.75) is 53.5 Å². The maximum atomic E-state index is 3.70. The second kappa shape index (κ2) is 4.45. The summed E-state index contributed by atoms with van der Waals surface area (Å²) in [5.41, 5.74) is 6.28. The number of aryl methyl sites for hydroxylation is 3. The van der Waals surface area contributed by atoms with E-state index in [4.69, 9.17) is 0 Å². The van der Waals surface area contributed by atoms with Crippen LogP contribution in [0.3, 0.4) is 0 Å². The van der Waals surface area contributed by atoms with Crippen LogP contribution in [0.5, 0.6) is 0 Å². The van der Waals surface area contributed by atoms with Crippen LogP contribution in [0, 0.1) is 26.2 Å². The molecule has 94 valence electrons. The molecule has 1 unspecified atom stereocenters. The molecular formula is C16H25N. The van der Waals surface area contributed by atoms with Crippen LogP contribution >= 0.6 is 0 Å². The Morgan fingerprint density at radius 1 is 1.18 bits per heavy atom. The molecule has 0 aliphatic heterocycles. The normalized spacial score (nSPS) is 19.1. The van der Waals surface area contributed by atoms with Gasteiger partial charge in [-0.05, 0) is 62.6 Å². The standard InChI is InChI=1S/C16H25N/c1-11-8-12(2)15(13(3)9-11)14(4)17-10-16(5)6-7-16/h8-9,14,17H,6-7,10H2,1-5H3. The van der Waals surface area contributed by atoms with Crippen LogP contribution in [-0.4, -0.2) is 6.54 Å². The Hall–Kier alpha value is -0.820. The fourth-order valence-corrected chi connectivity index (χ4v) is 2.77. The summed E-state index contributed by atoms with van der Waals surface area (Å²) in [5, 5.41) is 3.70. The summed E-state index contributed by atoms with van der Waals surface area (Å²) >= 11 is 0. The lowest BCUT2D eigenvalue weighted by molar-refractivity contribution is 0.455. The minimum absolute atomic E-state index is 0.466. The summed E-state index contributed by atoms with van der Waals surface area (Å²) in [5.74, 6) is 0.